The number of nitrogen functional groups attached to an aromatic ring is 1. The first-order chi connectivity index (χ1) is 11.4. The van der Waals surface area contributed by atoms with Crippen molar-refractivity contribution in [1.29, 1.82) is 0 Å². The van der Waals surface area contributed by atoms with Crippen molar-refractivity contribution in [3.63, 3.8) is 0 Å². The maximum atomic E-state index is 5.93. The second kappa shape index (κ2) is 7.17. The van der Waals surface area contributed by atoms with E-state index in [9.17, 15) is 0 Å². The van der Waals surface area contributed by atoms with Crippen molar-refractivity contribution < 1.29 is 0 Å². The average molecular weight is 331 g/mol. The van der Waals surface area contributed by atoms with Crippen LogP contribution in [0.5, 0.6) is 0 Å². The van der Waals surface area contributed by atoms with Gasteiger partial charge in [0.2, 0.25) is 5.95 Å². The van der Waals surface area contributed by atoms with Crippen molar-refractivity contribution in [3.8, 4) is 11.3 Å². The van der Waals surface area contributed by atoms with Gasteiger partial charge in [-0.15, -0.1) is 0 Å². The molecule has 1 aliphatic heterocycles. The van der Waals surface area contributed by atoms with E-state index in [1.807, 2.05) is 47.1 Å². The van der Waals surface area contributed by atoms with Crippen molar-refractivity contribution in [2.75, 3.05) is 30.8 Å². The van der Waals surface area contributed by atoms with Crippen LogP contribution in [-0.2, 0) is 7.05 Å². The third kappa shape index (κ3) is 3.67. The van der Waals surface area contributed by atoms with Gasteiger partial charge in [-0.1, -0.05) is 13.8 Å². The Morgan fingerprint density at radius 2 is 2.00 bits per heavy atom. The summed E-state index contributed by atoms with van der Waals surface area (Å²) in [4.78, 5) is 11.0. The zero-order valence-electron chi connectivity index (χ0n) is 15.6. The third-order valence-corrected chi connectivity index (χ3v) is 4.42. The van der Waals surface area contributed by atoms with Gasteiger partial charge in [-0.2, -0.15) is 10.1 Å². The van der Waals surface area contributed by atoms with Crippen LogP contribution in [0.15, 0.2) is 12.3 Å². The molecule has 1 atom stereocenters. The molecule has 24 heavy (non-hydrogen) atoms. The van der Waals surface area contributed by atoms with E-state index in [4.69, 9.17) is 5.73 Å². The molecule has 132 valence electrons. The maximum absolute atomic E-state index is 5.93. The van der Waals surface area contributed by atoms with Gasteiger partial charge in [0.1, 0.15) is 5.82 Å². The Labute approximate surface area is 144 Å². The number of likely N-dealkylation sites (N-methyl/N-ethyl adjacent to an activating group) is 1. The molecular formula is C17H29N7. The second-order valence-corrected chi connectivity index (χ2v) is 6.25. The van der Waals surface area contributed by atoms with Crippen LogP contribution in [0.3, 0.4) is 0 Å². The first kappa shape index (κ1) is 18.2. The Kier molecular flexibility index (Phi) is 5.43. The highest BCUT2D eigenvalue weighted by atomic mass is 15.3. The van der Waals surface area contributed by atoms with Crippen LogP contribution in [0.1, 0.15) is 32.9 Å². The van der Waals surface area contributed by atoms with Crippen LogP contribution in [0.4, 0.5) is 11.8 Å². The zero-order chi connectivity index (χ0) is 17.9. The van der Waals surface area contributed by atoms with E-state index in [2.05, 4.69) is 32.2 Å². The SMILES string of the molecule is CC.CNC1(C)CCN(c2cc(-c3cn(C)nc3C)nc(N)n2)C1. The minimum atomic E-state index is 0.115. The van der Waals surface area contributed by atoms with Crippen molar-refractivity contribution in [1.82, 2.24) is 25.1 Å². The zero-order valence-corrected chi connectivity index (χ0v) is 15.6. The quantitative estimate of drug-likeness (QED) is 0.894. The van der Waals surface area contributed by atoms with Gasteiger partial charge in [-0.3, -0.25) is 4.68 Å². The first-order valence-corrected chi connectivity index (χ1v) is 8.49. The smallest absolute Gasteiger partial charge is 0.222 e. The molecule has 7 heteroatoms. The Hall–Kier alpha value is -2.15. The molecule has 0 saturated carbocycles. The lowest BCUT2D eigenvalue weighted by Gasteiger charge is -2.24. The predicted molar refractivity (Wildman–Crippen MR) is 99.0 cm³/mol. The van der Waals surface area contributed by atoms with Gasteiger partial charge in [-0.25, -0.2) is 4.98 Å². The summed E-state index contributed by atoms with van der Waals surface area (Å²) in [5, 5.41) is 7.76. The number of aromatic nitrogens is 4. The Morgan fingerprint density at radius 1 is 1.29 bits per heavy atom. The number of aryl methyl sites for hydroxylation is 2. The largest absolute Gasteiger partial charge is 0.368 e. The Balaban J connectivity index is 0.00000100. The molecule has 2 aromatic heterocycles. The van der Waals surface area contributed by atoms with Gasteiger partial charge in [0.05, 0.1) is 11.4 Å². The Bertz CT molecular complexity index is 694. The topological polar surface area (TPSA) is 84.9 Å². The van der Waals surface area contributed by atoms with Crippen LogP contribution >= 0.6 is 0 Å². The van der Waals surface area contributed by atoms with E-state index in [0.717, 1.165) is 42.3 Å². The van der Waals surface area contributed by atoms with Gasteiger partial charge in [0.15, 0.2) is 0 Å². The summed E-state index contributed by atoms with van der Waals surface area (Å²) in [6.45, 7) is 10.1. The van der Waals surface area contributed by atoms with Crippen molar-refractivity contribution >= 4 is 11.8 Å². The number of nitrogens with two attached hydrogens (primary N) is 1. The molecule has 3 N–H and O–H groups in total. The lowest BCUT2D eigenvalue weighted by molar-refractivity contribution is 0.428. The fourth-order valence-electron chi connectivity index (χ4n) is 2.96. The van der Waals surface area contributed by atoms with Crippen LogP contribution in [-0.4, -0.2) is 45.4 Å². The van der Waals surface area contributed by atoms with Gasteiger partial charge in [0, 0.05) is 43.5 Å². The standard InChI is InChI=1S/C15H23N7.C2H6/c1-10-11(8-21(4)20-10)12-7-13(19-14(16)18-12)22-6-5-15(2,9-22)17-3;1-2/h7-8,17H,5-6,9H2,1-4H3,(H2,16,18,19);1-2H3. The van der Waals surface area contributed by atoms with E-state index in [-0.39, 0.29) is 5.54 Å². The average Bonchev–Trinajstić information content (AvgIpc) is 3.12. The van der Waals surface area contributed by atoms with Gasteiger partial charge >= 0.3 is 0 Å². The fourth-order valence-corrected chi connectivity index (χ4v) is 2.96. The monoisotopic (exact) mass is 331 g/mol. The number of anilines is 2. The molecule has 3 heterocycles. The Morgan fingerprint density at radius 3 is 2.54 bits per heavy atom. The van der Waals surface area contributed by atoms with Crippen LogP contribution in [0, 0.1) is 6.92 Å². The van der Waals surface area contributed by atoms with Crippen LogP contribution in [0.25, 0.3) is 11.3 Å². The lowest BCUT2D eigenvalue weighted by atomic mass is 10.0. The number of nitrogens with zero attached hydrogens (tertiary/aromatic N) is 5. The van der Waals surface area contributed by atoms with Crippen LogP contribution < -0.4 is 16.0 Å². The molecule has 0 aromatic carbocycles. The summed E-state index contributed by atoms with van der Waals surface area (Å²) >= 11 is 0. The summed E-state index contributed by atoms with van der Waals surface area (Å²) in [6, 6.07) is 2.00. The molecule has 7 nitrogen and oxygen atoms in total. The lowest BCUT2D eigenvalue weighted by Crippen LogP contribution is -2.42. The highest BCUT2D eigenvalue weighted by molar-refractivity contribution is 5.66. The molecule has 0 radical (unpaired) electrons. The predicted octanol–water partition coefficient (Wildman–Crippen LogP) is 1.98. The summed E-state index contributed by atoms with van der Waals surface area (Å²) in [7, 11) is 3.91. The molecular weight excluding hydrogens is 302 g/mol. The highest BCUT2D eigenvalue weighted by Gasteiger charge is 2.33. The van der Waals surface area contributed by atoms with Gasteiger partial charge in [0.25, 0.3) is 0 Å². The van der Waals surface area contributed by atoms with E-state index in [1.54, 1.807) is 4.68 Å². The number of rotatable bonds is 3. The van der Waals surface area contributed by atoms with E-state index < -0.39 is 0 Å². The molecule has 0 amide bonds. The maximum Gasteiger partial charge on any atom is 0.222 e. The van der Waals surface area contributed by atoms with Crippen molar-refractivity contribution in [2.45, 2.75) is 39.7 Å². The van der Waals surface area contributed by atoms with Gasteiger partial charge in [-0.05, 0) is 27.3 Å². The molecule has 1 fully saturated rings. The number of hydrogen-bond acceptors (Lipinski definition) is 6. The molecule has 0 aliphatic carbocycles. The molecule has 3 rings (SSSR count). The minimum absolute atomic E-state index is 0.115. The molecule has 2 aromatic rings. The summed E-state index contributed by atoms with van der Waals surface area (Å²) in [5.74, 6) is 1.18. The molecule has 0 bridgehead atoms. The van der Waals surface area contributed by atoms with Crippen LogP contribution in [0.2, 0.25) is 0 Å². The second-order valence-electron chi connectivity index (χ2n) is 6.25. The minimum Gasteiger partial charge on any atom is -0.368 e. The number of hydrogen-bond donors (Lipinski definition) is 2. The fraction of sp³-hybridized carbons (Fsp3) is 0.588. The van der Waals surface area contributed by atoms with E-state index in [1.165, 1.54) is 0 Å². The molecule has 0 spiro atoms. The van der Waals surface area contributed by atoms with E-state index in [0.29, 0.717) is 5.95 Å². The highest BCUT2D eigenvalue weighted by Crippen LogP contribution is 2.29. The third-order valence-electron chi connectivity index (χ3n) is 4.42. The van der Waals surface area contributed by atoms with Crippen molar-refractivity contribution in [2.24, 2.45) is 7.05 Å². The summed E-state index contributed by atoms with van der Waals surface area (Å²) in [5.41, 5.74) is 8.80. The summed E-state index contributed by atoms with van der Waals surface area (Å²) < 4.78 is 1.79. The number of nitrogens with one attached hydrogen (secondary N) is 1. The van der Waals surface area contributed by atoms with Gasteiger partial charge < -0.3 is 16.0 Å². The van der Waals surface area contributed by atoms with Crippen molar-refractivity contribution in [3.05, 3.63) is 18.0 Å². The summed E-state index contributed by atoms with van der Waals surface area (Å²) in [6.07, 6.45) is 3.04. The molecule has 1 saturated heterocycles. The molecule has 1 unspecified atom stereocenters. The molecule has 1 aliphatic rings. The normalized spacial score (nSPS) is 20.0. The first-order valence-electron chi connectivity index (χ1n) is 8.49. The van der Waals surface area contributed by atoms with E-state index >= 15 is 0 Å².